The topological polar surface area (TPSA) is 66.0 Å². The maximum Gasteiger partial charge on any atom is 0.170 e. The van der Waals surface area contributed by atoms with Crippen molar-refractivity contribution >= 4 is 0 Å². The summed E-state index contributed by atoms with van der Waals surface area (Å²) in [6.07, 6.45) is 0. The molecule has 0 saturated heterocycles. The summed E-state index contributed by atoms with van der Waals surface area (Å²) in [7, 11) is 1.85. The van der Waals surface area contributed by atoms with E-state index in [-0.39, 0.29) is 18.5 Å². The predicted molar refractivity (Wildman–Crippen MR) is 69.1 cm³/mol. The number of benzene rings is 1. The Bertz CT molecular complexity index is 580. The summed E-state index contributed by atoms with van der Waals surface area (Å²) in [6, 6.07) is 4.33. The van der Waals surface area contributed by atoms with Crippen LogP contribution in [0.25, 0.3) is 0 Å². The van der Waals surface area contributed by atoms with E-state index in [2.05, 4.69) is 10.2 Å². The van der Waals surface area contributed by atoms with E-state index in [1.54, 1.807) is 19.1 Å². The zero-order chi connectivity index (χ0) is 14.0. The second kappa shape index (κ2) is 5.36. The molecule has 0 fully saturated rings. The SMILES string of the molecule is Cc1nnc(COc2ccc([C@H](C)N)c(F)c2)n1C. The van der Waals surface area contributed by atoms with Crippen molar-refractivity contribution in [2.24, 2.45) is 12.8 Å². The van der Waals surface area contributed by atoms with Crippen molar-refractivity contribution in [1.82, 2.24) is 14.8 Å². The van der Waals surface area contributed by atoms with Gasteiger partial charge in [-0.1, -0.05) is 6.07 Å². The third-order valence-electron chi connectivity index (χ3n) is 3.01. The number of halogens is 1. The van der Waals surface area contributed by atoms with Gasteiger partial charge in [-0.15, -0.1) is 10.2 Å². The fourth-order valence-electron chi connectivity index (χ4n) is 1.69. The van der Waals surface area contributed by atoms with Gasteiger partial charge >= 0.3 is 0 Å². The molecule has 6 heteroatoms. The van der Waals surface area contributed by atoms with Gasteiger partial charge in [0, 0.05) is 24.7 Å². The van der Waals surface area contributed by atoms with Crippen molar-refractivity contribution in [1.29, 1.82) is 0 Å². The number of rotatable bonds is 4. The average molecular weight is 264 g/mol. The van der Waals surface area contributed by atoms with Crippen molar-refractivity contribution in [3.8, 4) is 5.75 Å². The largest absolute Gasteiger partial charge is 0.486 e. The van der Waals surface area contributed by atoms with E-state index in [1.165, 1.54) is 6.07 Å². The normalized spacial score (nSPS) is 12.5. The fourth-order valence-corrected chi connectivity index (χ4v) is 1.69. The average Bonchev–Trinajstić information content (AvgIpc) is 2.67. The monoisotopic (exact) mass is 264 g/mol. The number of ether oxygens (including phenoxy) is 1. The lowest BCUT2D eigenvalue weighted by Crippen LogP contribution is -2.08. The Morgan fingerprint density at radius 2 is 2.16 bits per heavy atom. The van der Waals surface area contributed by atoms with Gasteiger partial charge in [-0.3, -0.25) is 0 Å². The maximum absolute atomic E-state index is 13.7. The summed E-state index contributed by atoms with van der Waals surface area (Å²) in [5.41, 5.74) is 6.12. The molecule has 102 valence electrons. The number of aryl methyl sites for hydroxylation is 1. The summed E-state index contributed by atoms with van der Waals surface area (Å²) in [6.45, 7) is 3.84. The highest BCUT2D eigenvalue weighted by Crippen LogP contribution is 2.21. The van der Waals surface area contributed by atoms with Crippen molar-refractivity contribution < 1.29 is 9.13 Å². The van der Waals surface area contributed by atoms with Crippen LogP contribution in [0.3, 0.4) is 0 Å². The van der Waals surface area contributed by atoms with Crippen LogP contribution in [0.15, 0.2) is 18.2 Å². The highest BCUT2D eigenvalue weighted by molar-refractivity contribution is 5.30. The number of nitrogens with two attached hydrogens (primary N) is 1. The molecule has 0 bridgehead atoms. The minimum Gasteiger partial charge on any atom is -0.486 e. The summed E-state index contributed by atoms with van der Waals surface area (Å²) in [4.78, 5) is 0. The van der Waals surface area contributed by atoms with Gasteiger partial charge in [0.05, 0.1) is 0 Å². The molecule has 2 aromatic rings. The highest BCUT2D eigenvalue weighted by atomic mass is 19.1. The van der Waals surface area contributed by atoms with Gasteiger partial charge in [0.25, 0.3) is 0 Å². The van der Waals surface area contributed by atoms with Crippen LogP contribution in [0.5, 0.6) is 5.75 Å². The lowest BCUT2D eigenvalue weighted by atomic mass is 10.1. The Kier molecular flexibility index (Phi) is 3.80. The van der Waals surface area contributed by atoms with E-state index in [9.17, 15) is 4.39 Å². The number of nitrogens with zero attached hydrogens (tertiary/aromatic N) is 3. The van der Waals surface area contributed by atoms with Crippen LogP contribution in [0.2, 0.25) is 0 Å². The molecular weight excluding hydrogens is 247 g/mol. The number of hydrogen-bond acceptors (Lipinski definition) is 4. The third-order valence-corrected chi connectivity index (χ3v) is 3.01. The van der Waals surface area contributed by atoms with Gasteiger partial charge in [-0.2, -0.15) is 0 Å². The van der Waals surface area contributed by atoms with Crippen LogP contribution in [0.1, 0.15) is 30.2 Å². The molecule has 1 atom stereocenters. The first-order valence-corrected chi connectivity index (χ1v) is 6.01. The van der Waals surface area contributed by atoms with Gasteiger partial charge in [0.1, 0.15) is 24.0 Å². The molecule has 0 spiro atoms. The molecule has 0 aliphatic rings. The molecule has 0 aliphatic carbocycles. The quantitative estimate of drug-likeness (QED) is 0.915. The molecule has 0 amide bonds. The summed E-state index contributed by atoms with van der Waals surface area (Å²) in [5, 5.41) is 7.90. The molecule has 5 nitrogen and oxygen atoms in total. The Balaban J connectivity index is 2.08. The van der Waals surface area contributed by atoms with Crippen molar-refractivity contribution in [3.63, 3.8) is 0 Å². The second-order valence-electron chi connectivity index (χ2n) is 4.48. The number of aromatic nitrogens is 3. The molecule has 19 heavy (non-hydrogen) atoms. The van der Waals surface area contributed by atoms with Crippen molar-refractivity contribution in [2.75, 3.05) is 0 Å². The highest BCUT2D eigenvalue weighted by Gasteiger charge is 2.09. The van der Waals surface area contributed by atoms with Crippen LogP contribution in [-0.4, -0.2) is 14.8 Å². The molecule has 2 N–H and O–H groups in total. The zero-order valence-electron chi connectivity index (χ0n) is 11.2. The Labute approximate surface area is 111 Å². The van der Waals surface area contributed by atoms with Crippen molar-refractivity contribution in [3.05, 3.63) is 41.2 Å². The van der Waals surface area contributed by atoms with Crippen molar-refractivity contribution in [2.45, 2.75) is 26.5 Å². The first-order valence-electron chi connectivity index (χ1n) is 6.01. The second-order valence-corrected chi connectivity index (χ2v) is 4.48. The standard InChI is InChI=1S/C13H17FN4O/c1-8(15)11-5-4-10(6-12(11)14)19-7-13-17-16-9(2)18(13)3/h4-6,8H,7,15H2,1-3H3/t8-/m0/s1. The molecule has 0 saturated carbocycles. The minimum absolute atomic E-state index is 0.244. The fraction of sp³-hybridized carbons (Fsp3) is 0.385. The van der Waals surface area contributed by atoms with Gasteiger partial charge in [0.2, 0.25) is 0 Å². The van der Waals surface area contributed by atoms with Crippen LogP contribution in [0.4, 0.5) is 4.39 Å². The Morgan fingerprint density at radius 1 is 1.42 bits per heavy atom. The predicted octanol–water partition coefficient (Wildman–Crippen LogP) is 1.86. The first-order chi connectivity index (χ1) is 8.99. The molecule has 1 aromatic heterocycles. The third kappa shape index (κ3) is 2.90. The smallest absolute Gasteiger partial charge is 0.170 e. The van der Waals surface area contributed by atoms with Gasteiger partial charge < -0.3 is 15.0 Å². The number of hydrogen-bond donors (Lipinski definition) is 1. The van der Waals surface area contributed by atoms with E-state index >= 15 is 0 Å². The Hall–Kier alpha value is -1.95. The van der Waals surface area contributed by atoms with Crippen LogP contribution < -0.4 is 10.5 Å². The van der Waals surface area contributed by atoms with Crippen LogP contribution >= 0.6 is 0 Å². The Morgan fingerprint density at radius 3 is 2.68 bits per heavy atom. The van der Waals surface area contributed by atoms with E-state index in [0.717, 1.165) is 5.82 Å². The molecule has 0 aliphatic heterocycles. The molecule has 0 unspecified atom stereocenters. The molecule has 2 rings (SSSR count). The molecule has 1 aromatic carbocycles. The summed E-state index contributed by atoms with van der Waals surface area (Å²) >= 11 is 0. The molecule has 0 radical (unpaired) electrons. The van der Waals surface area contributed by atoms with Crippen LogP contribution in [-0.2, 0) is 13.7 Å². The minimum atomic E-state index is -0.360. The van der Waals surface area contributed by atoms with Gasteiger partial charge in [-0.05, 0) is 19.9 Å². The van der Waals surface area contributed by atoms with E-state index < -0.39 is 0 Å². The molecular formula is C13H17FN4O. The first kappa shape index (κ1) is 13.5. The molecule has 1 heterocycles. The van der Waals surface area contributed by atoms with E-state index in [0.29, 0.717) is 17.1 Å². The van der Waals surface area contributed by atoms with Crippen LogP contribution in [0, 0.1) is 12.7 Å². The maximum atomic E-state index is 13.7. The van der Waals surface area contributed by atoms with Gasteiger partial charge in [0.15, 0.2) is 5.82 Å². The lowest BCUT2D eigenvalue weighted by molar-refractivity contribution is 0.289. The van der Waals surface area contributed by atoms with E-state index in [4.69, 9.17) is 10.5 Å². The lowest BCUT2D eigenvalue weighted by Gasteiger charge is -2.10. The summed E-state index contributed by atoms with van der Waals surface area (Å²) in [5.74, 6) is 1.58. The van der Waals surface area contributed by atoms with E-state index in [1.807, 2.05) is 18.5 Å². The summed E-state index contributed by atoms with van der Waals surface area (Å²) < 4.78 is 21.0. The zero-order valence-corrected chi connectivity index (χ0v) is 11.2. The van der Waals surface area contributed by atoms with Gasteiger partial charge in [-0.25, -0.2) is 4.39 Å².